The zero-order valence-electron chi connectivity index (χ0n) is 11.2. The van der Waals surface area contributed by atoms with Gasteiger partial charge < -0.3 is 10.3 Å². The van der Waals surface area contributed by atoms with E-state index in [1.807, 2.05) is 0 Å². The number of imidazole rings is 1. The van der Waals surface area contributed by atoms with Gasteiger partial charge in [-0.2, -0.15) is 0 Å². The normalized spacial score (nSPS) is 17.4. The molecule has 2 aromatic rings. The highest BCUT2D eigenvalue weighted by Crippen LogP contribution is 2.22. The molecule has 0 bridgehead atoms. The van der Waals surface area contributed by atoms with Crippen LogP contribution >= 0.6 is 0 Å². The van der Waals surface area contributed by atoms with Crippen LogP contribution in [0.25, 0.3) is 11.0 Å². The second-order valence-electron chi connectivity index (χ2n) is 5.48. The molecule has 0 spiro atoms. The summed E-state index contributed by atoms with van der Waals surface area (Å²) in [6.45, 7) is 6.62. The summed E-state index contributed by atoms with van der Waals surface area (Å²) in [4.78, 5) is 8.27. The molecule has 0 saturated carbocycles. The van der Waals surface area contributed by atoms with Crippen molar-refractivity contribution in [3.05, 3.63) is 29.1 Å². The molecule has 2 N–H and O–H groups in total. The first kappa shape index (κ1) is 11.7. The lowest BCUT2D eigenvalue weighted by atomic mass is 9.94. The van der Waals surface area contributed by atoms with Crippen LogP contribution in [-0.2, 0) is 6.42 Å². The second kappa shape index (κ2) is 4.73. The third-order valence-electron chi connectivity index (χ3n) is 4.17. The van der Waals surface area contributed by atoms with Crippen LogP contribution in [0.3, 0.4) is 0 Å². The lowest BCUT2D eigenvalue weighted by Crippen LogP contribution is -2.28. The minimum absolute atomic E-state index is 0.785. The number of piperidine rings is 1. The van der Waals surface area contributed by atoms with E-state index in [-0.39, 0.29) is 0 Å². The van der Waals surface area contributed by atoms with E-state index >= 15 is 0 Å². The Kier molecular flexibility index (Phi) is 3.08. The molecule has 18 heavy (non-hydrogen) atoms. The molecule has 0 radical (unpaired) electrons. The molecule has 0 unspecified atom stereocenters. The van der Waals surface area contributed by atoms with Crippen molar-refractivity contribution in [3.63, 3.8) is 0 Å². The Morgan fingerprint density at radius 1 is 1.22 bits per heavy atom. The highest BCUT2D eigenvalue weighted by atomic mass is 14.9. The van der Waals surface area contributed by atoms with Gasteiger partial charge in [-0.25, -0.2) is 4.98 Å². The van der Waals surface area contributed by atoms with Crippen LogP contribution in [0, 0.1) is 19.8 Å². The molecule has 1 aliphatic heterocycles. The number of benzene rings is 1. The maximum atomic E-state index is 4.79. The number of H-pyrrole nitrogens is 1. The van der Waals surface area contributed by atoms with E-state index in [9.17, 15) is 0 Å². The molecule has 1 aromatic heterocycles. The number of hydrogen-bond donors (Lipinski definition) is 2. The second-order valence-corrected chi connectivity index (χ2v) is 5.48. The molecular weight excluding hydrogens is 222 g/mol. The Labute approximate surface area is 108 Å². The predicted octanol–water partition coefficient (Wildman–Crippen LogP) is 2.72. The topological polar surface area (TPSA) is 40.7 Å². The largest absolute Gasteiger partial charge is 0.342 e. The van der Waals surface area contributed by atoms with Crippen LogP contribution in [0.1, 0.15) is 29.8 Å². The number of aromatic amines is 1. The fourth-order valence-electron chi connectivity index (χ4n) is 2.82. The maximum Gasteiger partial charge on any atom is 0.107 e. The molecule has 1 saturated heterocycles. The van der Waals surface area contributed by atoms with Crippen LogP contribution in [-0.4, -0.2) is 23.1 Å². The Balaban J connectivity index is 1.86. The van der Waals surface area contributed by atoms with E-state index in [0.717, 1.165) is 36.8 Å². The van der Waals surface area contributed by atoms with Gasteiger partial charge in [-0.3, -0.25) is 0 Å². The average molecular weight is 243 g/mol. The summed E-state index contributed by atoms with van der Waals surface area (Å²) in [7, 11) is 0. The molecule has 3 heteroatoms. The molecule has 0 aliphatic carbocycles. The molecule has 1 aromatic carbocycles. The number of fused-ring (bicyclic) bond motifs is 1. The van der Waals surface area contributed by atoms with E-state index < -0.39 is 0 Å². The smallest absolute Gasteiger partial charge is 0.107 e. The maximum absolute atomic E-state index is 4.79. The summed E-state index contributed by atoms with van der Waals surface area (Å²) in [5.74, 6) is 1.94. The summed E-state index contributed by atoms with van der Waals surface area (Å²) in [6, 6.07) is 4.32. The lowest BCUT2D eigenvalue weighted by molar-refractivity contribution is 0.368. The quantitative estimate of drug-likeness (QED) is 0.851. The van der Waals surface area contributed by atoms with Crippen molar-refractivity contribution >= 4 is 11.0 Å². The average Bonchev–Trinajstić information content (AvgIpc) is 2.79. The number of rotatable bonds is 2. The van der Waals surface area contributed by atoms with Gasteiger partial charge in [-0.15, -0.1) is 0 Å². The van der Waals surface area contributed by atoms with Crippen LogP contribution in [0.2, 0.25) is 0 Å². The number of aryl methyl sites for hydroxylation is 2. The zero-order valence-corrected chi connectivity index (χ0v) is 11.2. The third-order valence-corrected chi connectivity index (χ3v) is 4.17. The van der Waals surface area contributed by atoms with Gasteiger partial charge in [0.2, 0.25) is 0 Å². The summed E-state index contributed by atoms with van der Waals surface area (Å²) in [5.41, 5.74) is 4.96. The van der Waals surface area contributed by atoms with Crippen molar-refractivity contribution in [2.45, 2.75) is 33.1 Å². The van der Waals surface area contributed by atoms with Gasteiger partial charge in [0.05, 0.1) is 11.0 Å². The van der Waals surface area contributed by atoms with Gasteiger partial charge in [-0.05, 0) is 62.9 Å². The van der Waals surface area contributed by atoms with Gasteiger partial charge in [0.1, 0.15) is 5.82 Å². The first-order chi connectivity index (χ1) is 8.74. The fraction of sp³-hybridized carbons (Fsp3) is 0.533. The summed E-state index contributed by atoms with van der Waals surface area (Å²) in [6.07, 6.45) is 3.64. The number of nitrogens with zero attached hydrogens (tertiary/aromatic N) is 1. The minimum Gasteiger partial charge on any atom is -0.342 e. The Morgan fingerprint density at radius 2 is 2.00 bits per heavy atom. The van der Waals surface area contributed by atoms with Crippen molar-refractivity contribution in [3.8, 4) is 0 Å². The van der Waals surface area contributed by atoms with E-state index in [1.165, 1.54) is 29.5 Å². The predicted molar refractivity (Wildman–Crippen MR) is 74.9 cm³/mol. The standard InChI is InChI=1S/C15H21N3/c1-10-3-4-13-15(11(10)2)18-14(17-13)9-12-5-7-16-8-6-12/h3-4,12,16H,5-9H2,1-2H3,(H,17,18). The van der Waals surface area contributed by atoms with Crippen LogP contribution in [0.4, 0.5) is 0 Å². The van der Waals surface area contributed by atoms with Crippen molar-refractivity contribution < 1.29 is 0 Å². The first-order valence-electron chi connectivity index (χ1n) is 6.89. The van der Waals surface area contributed by atoms with E-state index in [2.05, 4.69) is 36.3 Å². The van der Waals surface area contributed by atoms with Gasteiger partial charge in [0, 0.05) is 6.42 Å². The molecular formula is C15H21N3. The number of aromatic nitrogens is 2. The first-order valence-corrected chi connectivity index (χ1v) is 6.89. The monoisotopic (exact) mass is 243 g/mol. The van der Waals surface area contributed by atoms with Crippen molar-refractivity contribution in [2.75, 3.05) is 13.1 Å². The van der Waals surface area contributed by atoms with Crippen LogP contribution in [0.15, 0.2) is 12.1 Å². The van der Waals surface area contributed by atoms with E-state index in [4.69, 9.17) is 4.98 Å². The molecule has 96 valence electrons. The summed E-state index contributed by atoms with van der Waals surface area (Å²) >= 11 is 0. The van der Waals surface area contributed by atoms with Crippen molar-refractivity contribution in [2.24, 2.45) is 5.92 Å². The van der Waals surface area contributed by atoms with E-state index in [0.29, 0.717) is 0 Å². The fourth-order valence-corrected chi connectivity index (χ4v) is 2.82. The highest BCUT2D eigenvalue weighted by Gasteiger charge is 2.16. The molecule has 0 amide bonds. The number of nitrogens with one attached hydrogen (secondary N) is 2. The minimum atomic E-state index is 0.785. The SMILES string of the molecule is Cc1ccc2[nH]c(CC3CCNCC3)nc2c1C. The van der Waals surface area contributed by atoms with Crippen molar-refractivity contribution in [1.29, 1.82) is 0 Å². The summed E-state index contributed by atoms with van der Waals surface area (Å²) < 4.78 is 0. The molecule has 3 nitrogen and oxygen atoms in total. The number of hydrogen-bond acceptors (Lipinski definition) is 2. The highest BCUT2D eigenvalue weighted by molar-refractivity contribution is 5.79. The zero-order chi connectivity index (χ0) is 12.5. The lowest BCUT2D eigenvalue weighted by Gasteiger charge is -2.21. The van der Waals surface area contributed by atoms with Gasteiger partial charge in [0.15, 0.2) is 0 Å². The van der Waals surface area contributed by atoms with Crippen LogP contribution < -0.4 is 5.32 Å². The molecule has 1 fully saturated rings. The Bertz CT molecular complexity index is 550. The molecule has 2 heterocycles. The summed E-state index contributed by atoms with van der Waals surface area (Å²) in [5, 5.41) is 3.41. The van der Waals surface area contributed by atoms with Gasteiger partial charge in [-0.1, -0.05) is 6.07 Å². The Hall–Kier alpha value is -1.35. The molecule has 3 rings (SSSR count). The van der Waals surface area contributed by atoms with Gasteiger partial charge >= 0.3 is 0 Å². The van der Waals surface area contributed by atoms with Gasteiger partial charge in [0.25, 0.3) is 0 Å². The van der Waals surface area contributed by atoms with Crippen molar-refractivity contribution in [1.82, 2.24) is 15.3 Å². The van der Waals surface area contributed by atoms with E-state index in [1.54, 1.807) is 0 Å². The Morgan fingerprint density at radius 3 is 2.78 bits per heavy atom. The molecule has 1 aliphatic rings. The molecule has 0 atom stereocenters. The van der Waals surface area contributed by atoms with Crippen LogP contribution in [0.5, 0.6) is 0 Å². The third kappa shape index (κ3) is 2.15.